The largest absolute Gasteiger partial charge is 0.481 e. The fourth-order valence-electron chi connectivity index (χ4n) is 2.47. The molecule has 1 atom stereocenters. The zero-order valence-corrected chi connectivity index (χ0v) is 11.3. The van der Waals surface area contributed by atoms with Gasteiger partial charge in [0.2, 0.25) is 0 Å². The van der Waals surface area contributed by atoms with E-state index in [2.05, 4.69) is 32.2 Å². The van der Waals surface area contributed by atoms with Crippen LogP contribution < -0.4 is 0 Å². The van der Waals surface area contributed by atoms with Gasteiger partial charge in [-0.3, -0.25) is 9.89 Å². The van der Waals surface area contributed by atoms with Gasteiger partial charge in [0.25, 0.3) is 0 Å². The number of aromatic nitrogens is 2. The van der Waals surface area contributed by atoms with Crippen LogP contribution in [-0.2, 0) is 4.79 Å². The monoisotopic (exact) mass is 308 g/mol. The van der Waals surface area contributed by atoms with E-state index in [9.17, 15) is 4.79 Å². The number of halogens is 1. The third kappa shape index (κ3) is 2.14. The van der Waals surface area contributed by atoms with Crippen molar-refractivity contribution in [1.29, 1.82) is 0 Å². The summed E-state index contributed by atoms with van der Waals surface area (Å²) in [6.07, 6.45) is 2.50. The minimum atomic E-state index is -0.724. The van der Waals surface area contributed by atoms with Crippen molar-refractivity contribution < 1.29 is 9.90 Å². The molecular weight excluding hydrogens is 296 g/mol. The molecule has 1 saturated carbocycles. The zero-order chi connectivity index (χ0) is 12.7. The van der Waals surface area contributed by atoms with E-state index < -0.39 is 5.97 Å². The number of carboxylic acid groups (broad SMARTS) is 1. The molecule has 1 unspecified atom stereocenters. The molecule has 1 aliphatic carbocycles. The Morgan fingerprint density at radius 3 is 3.00 bits per heavy atom. The van der Waals surface area contributed by atoms with Crippen LogP contribution in [0.1, 0.15) is 30.7 Å². The van der Waals surface area contributed by atoms with Gasteiger partial charge in [-0.2, -0.15) is 5.10 Å². The number of benzene rings is 1. The summed E-state index contributed by atoms with van der Waals surface area (Å²) in [7, 11) is 0. The van der Waals surface area contributed by atoms with Gasteiger partial charge in [0, 0.05) is 5.39 Å². The Bertz CT molecular complexity index is 604. The summed E-state index contributed by atoms with van der Waals surface area (Å²) in [5.41, 5.74) is 2.00. The Balaban J connectivity index is 2.00. The summed E-state index contributed by atoms with van der Waals surface area (Å²) in [4.78, 5) is 11.0. The number of H-pyrrole nitrogens is 1. The highest BCUT2D eigenvalue weighted by Crippen LogP contribution is 2.45. The molecule has 5 heteroatoms. The van der Waals surface area contributed by atoms with Crippen LogP contribution in [-0.4, -0.2) is 21.3 Å². The fourth-order valence-corrected chi connectivity index (χ4v) is 2.88. The first-order valence-corrected chi connectivity index (χ1v) is 6.80. The van der Waals surface area contributed by atoms with Crippen molar-refractivity contribution in [3.63, 3.8) is 0 Å². The number of carbonyl (C=O) groups is 1. The molecule has 2 N–H and O–H groups in total. The standard InChI is InChI=1S/C13H13BrN2O2/c14-13-10-5-8(3-4-11(10)15-16-13)9(6-12(17)18)7-1-2-7/h3-5,7,9H,1-2,6H2,(H,15,16)(H,17,18). The molecule has 1 aliphatic rings. The Hall–Kier alpha value is -1.36. The molecule has 0 spiro atoms. The van der Waals surface area contributed by atoms with Crippen molar-refractivity contribution in [2.45, 2.75) is 25.2 Å². The number of aliphatic carboxylic acids is 1. The number of rotatable bonds is 4. The average molecular weight is 309 g/mol. The number of fused-ring (bicyclic) bond motifs is 1. The van der Waals surface area contributed by atoms with Gasteiger partial charge in [-0.25, -0.2) is 0 Å². The van der Waals surface area contributed by atoms with Gasteiger partial charge in [-0.1, -0.05) is 6.07 Å². The minimum absolute atomic E-state index is 0.133. The molecule has 18 heavy (non-hydrogen) atoms. The highest BCUT2D eigenvalue weighted by Gasteiger charge is 2.33. The van der Waals surface area contributed by atoms with Gasteiger partial charge in [-0.05, 0) is 58.3 Å². The molecule has 0 bridgehead atoms. The SMILES string of the molecule is O=C(O)CC(c1ccc2n[nH]c(Br)c2c1)C1CC1. The highest BCUT2D eigenvalue weighted by atomic mass is 79.9. The maximum absolute atomic E-state index is 11.0. The van der Waals surface area contributed by atoms with Gasteiger partial charge in [0.1, 0.15) is 4.60 Å². The molecule has 1 heterocycles. The maximum Gasteiger partial charge on any atom is 0.303 e. The summed E-state index contributed by atoms with van der Waals surface area (Å²) >= 11 is 3.42. The van der Waals surface area contributed by atoms with Crippen LogP contribution in [0.15, 0.2) is 22.8 Å². The first-order chi connectivity index (χ1) is 8.65. The van der Waals surface area contributed by atoms with Crippen molar-refractivity contribution in [2.24, 2.45) is 5.92 Å². The molecule has 1 aromatic heterocycles. The van der Waals surface area contributed by atoms with Crippen molar-refractivity contribution >= 4 is 32.8 Å². The molecule has 4 nitrogen and oxygen atoms in total. The Kier molecular flexibility index (Phi) is 2.86. The van der Waals surface area contributed by atoms with Crippen LogP contribution in [0.4, 0.5) is 0 Å². The molecule has 0 amide bonds. The predicted molar refractivity (Wildman–Crippen MR) is 71.5 cm³/mol. The lowest BCUT2D eigenvalue weighted by Gasteiger charge is -2.14. The smallest absolute Gasteiger partial charge is 0.303 e. The van der Waals surface area contributed by atoms with Gasteiger partial charge in [0.15, 0.2) is 0 Å². The Morgan fingerprint density at radius 1 is 1.56 bits per heavy atom. The first kappa shape index (κ1) is 11.7. The molecule has 0 saturated heterocycles. The van der Waals surface area contributed by atoms with E-state index in [0.29, 0.717) is 5.92 Å². The van der Waals surface area contributed by atoms with Crippen LogP contribution in [0.25, 0.3) is 10.9 Å². The van der Waals surface area contributed by atoms with Crippen molar-refractivity contribution in [3.8, 4) is 0 Å². The normalized spacial score (nSPS) is 16.9. The summed E-state index contributed by atoms with van der Waals surface area (Å²) in [5.74, 6) is -0.0591. The van der Waals surface area contributed by atoms with Crippen LogP contribution in [0.5, 0.6) is 0 Å². The average Bonchev–Trinajstić information content (AvgIpc) is 3.11. The van der Waals surface area contributed by atoms with Gasteiger partial charge >= 0.3 is 5.97 Å². The van der Waals surface area contributed by atoms with Gasteiger partial charge < -0.3 is 5.11 Å². The lowest BCUT2D eigenvalue weighted by Crippen LogP contribution is -2.08. The quantitative estimate of drug-likeness (QED) is 0.910. The number of hydrogen-bond donors (Lipinski definition) is 2. The summed E-state index contributed by atoms with van der Waals surface area (Å²) in [5, 5.41) is 17.1. The molecule has 94 valence electrons. The zero-order valence-electron chi connectivity index (χ0n) is 9.69. The first-order valence-electron chi connectivity index (χ1n) is 6.00. The predicted octanol–water partition coefficient (Wildman–Crippen LogP) is 3.29. The third-order valence-corrected chi connectivity index (χ3v) is 4.15. The molecule has 0 radical (unpaired) electrons. The third-order valence-electron chi connectivity index (χ3n) is 3.55. The van der Waals surface area contributed by atoms with Crippen molar-refractivity contribution in [1.82, 2.24) is 10.2 Å². The van der Waals surface area contributed by atoms with Crippen LogP contribution in [0, 0.1) is 5.92 Å². The van der Waals surface area contributed by atoms with Crippen molar-refractivity contribution in [2.75, 3.05) is 0 Å². The summed E-state index contributed by atoms with van der Waals surface area (Å²) < 4.78 is 0.851. The topological polar surface area (TPSA) is 66.0 Å². The van der Waals surface area contributed by atoms with E-state index >= 15 is 0 Å². The van der Waals surface area contributed by atoms with E-state index in [1.54, 1.807) is 0 Å². The fraction of sp³-hybridized carbons (Fsp3) is 0.385. The van der Waals surface area contributed by atoms with Crippen LogP contribution in [0.3, 0.4) is 0 Å². The molecule has 1 aromatic carbocycles. The number of nitrogens with one attached hydrogen (secondary N) is 1. The second-order valence-corrected chi connectivity index (χ2v) is 5.65. The summed E-state index contributed by atoms with van der Waals surface area (Å²) in [6, 6.07) is 6.00. The van der Waals surface area contributed by atoms with Gasteiger partial charge in [0.05, 0.1) is 11.9 Å². The van der Waals surface area contributed by atoms with E-state index in [-0.39, 0.29) is 12.3 Å². The van der Waals surface area contributed by atoms with E-state index in [0.717, 1.165) is 33.9 Å². The molecule has 3 rings (SSSR count). The molecule has 0 aliphatic heterocycles. The molecule has 2 aromatic rings. The number of hydrogen-bond acceptors (Lipinski definition) is 2. The Labute approximate surface area is 113 Å². The highest BCUT2D eigenvalue weighted by molar-refractivity contribution is 9.10. The van der Waals surface area contributed by atoms with Gasteiger partial charge in [-0.15, -0.1) is 0 Å². The summed E-state index contributed by atoms with van der Waals surface area (Å²) in [6.45, 7) is 0. The van der Waals surface area contributed by atoms with E-state index in [4.69, 9.17) is 5.11 Å². The lowest BCUT2D eigenvalue weighted by molar-refractivity contribution is -0.137. The van der Waals surface area contributed by atoms with Crippen LogP contribution >= 0.6 is 15.9 Å². The number of carboxylic acids is 1. The maximum atomic E-state index is 11.0. The Morgan fingerprint density at radius 2 is 2.33 bits per heavy atom. The lowest BCUT2D eigenvalue weighted by atomic mass is 9.90. The minimum Gasteiger partial charge on any atom is -0.481 e. The van der Waals surface area contributed by atoms with Crippen LogP contribution in [0.2, 0.25) is 0 Å². The van der Waals surface area contributed by atoms with E-state index in [1.165, 1.54) is 0 Å². The molecular formula is C13H13BrN2O2. The second kappa shape index (κ2) is 4.39. The van der Waals surface area contributed by atoms with Crippen molar-refractivity contribution in [3.05, 3.63) is 28.4 Å². The number of nitrogens with zero attached hydrogens (tertiary/aromatic N) is 1. The molecule has 1 fully saturated rings. The number of aromatic amines is 1. The second-order valence-electron chi connectivity index (χ2n) is 4.86. The van der Waals surface area contributed by atoms with E-state index in [1.807, 2.05) is 12.1 Å².